The van der Waals surface area contributed by atoms with Gasteiger partial charge in [-0.3, -0.25) is 0 Å². The first kappa shape index (κ1) is 8.39. The minimum Gasteiger partial charge on any atom is -0.508 e. The van der Waals surface area contributed by atoms with E-state index in [1.165, 1.54) is 18.2 Å². The zero-order valence-corrected chi connectivity index (χ0v) is 6.53. The summed E-state index contributed by atoms with van der Waals surface area (Å²) in [5, 5.41) is 20.4. The maximum Gasteiger partial charge on any atom is 0.335 e. The smallest absolute Gasteiger partial charge is 0.335 e. The van der Waals surface area contributed by atoms with E-state index in [0.29, 0.717) is 5.69 Å². The van der Waals surface area contributed by atoms with Crippen LogP contribution in [0.25, 0.3) is 0 Å². The van der Waals surface area contributed by atoms with Gasteiger partial charge in [0.05, 0.1) is 5.56 Å². The minimum atomic E-state index is -1.05. The van der Waals surface area contributed by atoms with Gasteiger partial charge in [-0.1, -0.05) is 0 Å². The first-order valence-electron chi connectivity index (χ1n) is 3.38. The number of anilines is 1. The molecule has 0 aromatic heterocycles. The van der Waals surface area contributed by atoms with E-state index in [2.05, 4.69) is 5.32 Å². The number of benzene rings is 1. The normalized spacial score (nSPS) is 9.42. The van der Waals surface area contributed by atoms with Crippen molar-refractivity contribution >= 4 is 11.7 Å². The van der Waals surface area contributed by atoms with Gasteiger partial charge < -0.3 is 15.5 Å². The molecule has 0 amide bonds. The summed E-state index contributed by atoms with van der Waals surface area (Å²) in [6.45, 7) is 0. The van der Waals surface area contributed by atoms with Crippen molar-refractivity contribution in [2.45, 2.75) is 0 Å². The Kier molecular flexibility index (Phi) is 2.19. The molecule has 0 aliphatic carbocycles. The minimum absolute atomic E-state index is 0.0562. The lowest BCUT2D eigenvalue weighted by Gasteiger charge is -2.02. The van der Waals surface area contributed by atoms with Crippen LogP contribution in [0.4, 0.5) is 5.69 Å². The van der Waals surface area contributed by atoms with Crippen LogP contribution in [0.2, 0.25) is 0 Å². The SMILES string of the molecule is CNc1cc(O)cc(C(=O)O)c1. The average molecular weight is 167 g/mol. The first-order valence-corrected chi connectivity index (χ1v) is 3.38. The summed E-state index contributed by atoms with van der Waals surface area (Å²) in [7, 11) is 1.65. The van der Waals surface area contributed by atoms with Crippen LogP contribution in [0.1, 0.15) is 10.4 Å². The first-order chi connectivity index (χ1) is 5.63. The molecule has 0 aliphatic rings. The van der Waals surface area contributed by atoms with E-state index < -0.39 is 5.97 Å². The average Bonchev–Trinajstić information content (AvgIpc) is 2.03. The quantitative estimate of drug-likeness (QED) is 0.617. The Labute approximate surface area is 69.5 Å². The Bertz CT molecular complexity index is 309. The number of hydrogen-bond acceptors (Lipinski definition) is 3. The van der Waals surface area contributed by atoms with Crippen LogP contribution in [0.15, 0.2) is 18.2 Å². The van der Waals surface area contributed by atoms with Gasteiger partial charge in [-0.25, -0.2) is 4.79 Å². The fourth-order valence-electron chi connectivity index (χ4n) is 0.879. The number of aromatic hydroxyl groups is 1. The summed E-state index contributed by atoms with van der Waals surface area (Å²) in [6.07, 6.45) is 0. The van der Waals surface area contributed by atoms with Crippen molar-refractivity contribution in [1.29, 1.82) is 0 Å². The predicted octanol–water partition coefficient (Wildman–Crippen LogP) is 1.13. The number of carbonyl (C=O) groups is 1. The maximum atomic E-state index is 10.5. The Morgan fingerprint density at radius 3 is 2.58 bits per heavy atom. The monoisotopic (exact) mass is 167 g/mol. The molecule has 0 radical (unpaired) electrons. The van der Waals surface area contributed by atoms with Gasteiger partial charge >= 0.3 is 5.97 Å². The third-order valence-corrected chi connectivity index (χ3v) is 1.45. The van der Waals surface area contributed by atoms with E-state index in [1.54, 1.807) is 7.05 Å². The third-order valence-electron chi connectivity index (χ3n) is 1.45. The van der Waals surface area contributed by atoms with Gasteiger partial charge in [0, 0.05) is 18.8 Å². The molecule has 0 saturated heterocycles. The number of hydrogen-bond donors (Lipinski definition) is 3. The highest BCUT2D eigenvalue weighted by Crippen LogP contribution is 2.18. The van der Waals surface area contributed by atoms with Gasteiger partial charge in [-0.2, -0.15) is 0 Å². The second kappa shape index (κ2) is 3.13. The highest BCUT2D eigenvalue weighted by molar-refractivity contribution is 5.89. The van der Waals surface area contributed by atoms with Crippen molar-refractivity contribution in [3.63, 3.8) is 0 Å². The van der Waals surface area contributed by atoms with Crippen LogP contribution >= 0.6 is 0 Å². The molecule has 0 bridgehead atoms. The molecular weight excluding hydrogens is 158 g/mol. The Hall–Kier alpha value is -1.71. The van der Waals surface area contributed by atoms with Crippen LogP contribution in [0, 0.1) is 0 Å². The van der Waals surface area contributed by atoms with Gasteiger partial charge in [0.15, 0.2) is 0 Å². The molecular formula is C8H9NO3. The van der Waals surface area contributed by atoms with Crippen molar-refractivity contribution in [2.75, 3.05) is 12.4 Å². The molecule has 1 aromatic carbocycles. The highest BCUT2D eigenvalue weighted by Gasteiger charge is 2.04. The molecule has 1 rings (SSSR count). The highest BCUT2D eigenvalue weighted by atomic mass is 16.4. The number of nitrogens with one attached hydrogen (secondary N) is 1. The number of phenols is 1. The molecule has 0 unspecified atom stereocenters. The van der Waals surface area contributed by atoms with E-state index >= 15 is 0 Å². The molecule has 0 atom stereocenters. The number of aromatic carboxylic acids is 1. The van der Waals surface area contributed by atoms with Crippen molar-refractivity contribution in [1.82, 2.24) is 0 Å². The van der Waals surface area contributed by atoms with Crippen molar-refractivity contribution < 1.29 is 15.0 Å². The summed E-state index contributed by atoms with van der Waals surface area (Å²) < 4.78 is 0. The number of rotatable bonds is 2. The Balaban J connectivity index is 3.15. The second-order valence-electron chi connectivity index (χ2n) is 2.32. The van der Waals surface area contributed by atoms with Crippen molar-refractivity contribution in [3.05, 3.63) is 23.8 Å². The van der Waals surface area contributed by atoms with Crippen molar-refractivity contribution in [2.24, 2.45) is 0 Å². The molecule has 0 aliphatic heterocycles. The van der Waals surface area contributed by atoms with E-state index in [4.69, 9.17) is 10.2 Å². The lowest BCUT2D eigenvalue weighted by atomic mass is 10.2. The fourth-order valence-corrected chi connectivity index (χ4v) is 0.879. The van der Waals surface area contributed by atoms with E-state index in [9.17, 15) is 4.79 Å². The summed E-state index contributed by atoms with van der Waals surface area (Å²) in [4.78, 5) is 10.5. The predicted molar refractivity (Wildman–Crippen MR) is 44.6 cm³/mol. The maximum absolute atomic E-state index is 10.5. The molecule has 4 nitrogen and oxygen atoms in total. The molecule has 1 aromatic rings. The molecule has 4 heteroatoms. The lowest BCUT2D eigenvalue weighted by molar-refractivity contribution is 0.0696. The number of carboxylic acid groups (broad SMARTS) is 1. The summed E-state index contributed by atoms with van der Waals surface area (Å²) >= 11 is 0. The molecule has 64 valence electrons. The lowest BCUT2D eigenvalue weighted by Crippen LogP contribution is -1.97. The molecule has 3 N–H and O–H groups in total. The standard InChI is InChI=1S/C8H9NO3/c1-9-6-2-5(8(11)12)3-7(10)4-6/h2-4,9-10H,1H3,(H,11,12). The Morgan fingerprint density at radius 1 is 1.42 bits per heavy atom. The molecule has 0 spiro atoms. The fraction of sp³-hybridized carbons (Fsp3) is 0.125. The second-order valence-corrected chi connectivity index (χ2v) is 2.32. The zero-order chi connectivity index (χ0) is 9.14. The number of carboxylic acids is 1. The van der Waals surface area contributed by atoms with Gasteiger partial charge in [-0.15, -0.1) is 0 Å². The van der Waals surface area contributed by atoms with Gasteiger partial charge in [0.1, 0.15) is 5.75 Å². The van der Waals surface area contributed by atoms with Crippen LogP contribution < -0.4 is 5.32 Å². The van der Waals surface area contributed by atoms with E-state index in [0.717, 1.165) is 0 Å². The molecule has 12 heavy (non-hydrogen) atoms. The molecule has 0 saturated carbocycles. The van der Waals surface area contributed by atoms with Gasteiger partial charge in [0.2, 0.25) is 0 Å². The van der Waals surface area contributed by atoms with Crippen LogP contribution in [0.5, 0.6) is 5.75 Å². The summed E-state index contributed by atoms with van der Waals surface area (Å²) in [6, 6.07) is 4.09. The van der Waals surface area contributed by atoms with Crippen LogP contribution in [-0.4, -0.2) is 23.2 Å². The summed E-state index contributed by atoms with van der Waals surface area (Å²) in [5.74, 6) is -1.11. The van der Waals surface area contributed by atoms with Gasteiger partial charge in [-0.05, 0) is 12.1 Å². The third kappa shape index (κ3) is 1.66. The zero-order valence-electron chi connectivity index (χ0n) is 6.53. The topological polar surface area (TPSA) is 69.6 Å². The molecule has 0 heterocycles. The largest absolute Gasteiger partial charge is 0.508 e. The van der Waals surface area contributed by atoms with Crippen LogP contribution in [0.3, 0.4) is 0 Å². The van der Waals surface area contributed by atoms with Gasteiger partial charge in [0.25, 0.3) is 0 Å². The van der Waals surface area contributed by atoms with E-state index in [-0.39, 0.29) is 11.3 Å². The Morgan fingerprint density at radius 2 is 2.08 bits per heavy atom. The number of phenolic OH excluding ortho intramolecular Hbond substituents is 1. The molecule has 0 fully saturated rings. The van der Waals surface area contributed by atoms with Crippen molar-refractivity contribution in [3.8, 4) is 5.75 Å². The summed E-state index contributed by atoms with van der Waals surface area (Å²) in [5.41, 5.74) is 0.645. The van der Waals surface area contributed by atoms with Crippen LogP contribution in [-0.2, 0) is 0 Å². The van der Waals surface area contributed by atoms with E-state index in [1.807, 2.05) is 0 Å².